The number of likely N-dealkylation sites (tertiary alicyclic amines) is 1. The van der Waals surface area contributed by atoms with Crippen LogP contribution in [-0.4, -0.2) is 41.5 Å². The van der Waals surface area contributed by atoms with Gasteiger partial charge in [0.1, 0.15) is 5.52 Å². The lowest BCUT2D eigenvalue weighted by Gasteiger charge is -2.55. The molecule has 31 heavy (non-hydrogen) atoms. The van der Waals surface area contributed by atoms with Crippen LogP contribution in [-0.2, 0) is 14.3 Å². The van der Waals surface area contributed by atoms with Gasteiger partial charge in [-0.2, -0.15) is 0 Å². The van der Waals surface area contributed by atoms with Gasteiger partial charge in [0.15, 0.2) is 18.1 Å². The number of piperidine rings is 1. The van der Waals surface area contributed by atoms with E-state index in [1.165, 1.54) is 19.3 Å². The standard InChI is InChI=1S/C25H30N2O4/c28-22(15-30-24(29)25-12-16-9-17(13-25)11-18(10-16)14-25)27-7-5-19(6-8-27)23-26-20-3-1-2-4-21(20)31-23/h1-4,16-19H,5-15H2. The zero-order chi connectivity index (χ0) is 21.0. The van der Waals surface area contributed by atoms with Crippen molar-refractivity contribution in [3.8, 4) is 0 Å². The average Bonchev–Trinajstić information content (AvgIpc) is 3.21. The third kappa shape index (κ3) is 3.44. The number of rotatable bonds is 4. The molecule has 0 unspecified atom stereocenters. The van der Waals surface area contributed by atoms with E-state index in [1.807, 2.05) is 29.2 Å². The van der Waals surface area contributed by atoms with Crippen LogP contribution in [0, 0.1) is 23.2 Å². The topological polar surface area (TPSA) is 72.6 Å². The molecule has 164 valence electrons. The van der Waals surface area contributed by atoms with Crippen LogP contribution in [0.15, 0.2) is 28.7 Å². The Bertz CT molecular complexity index is 936. The lowest BCUT2D eigenvalue weighted by atomic mass is 9.49. The summed E-state index contributed by atoms with van der Waals surface area (Å²) in [5.74, 6) is 2.89. The van der Waals surface area contributed by atoms with Crippen molar-refractivity contribution in [3.05, 3.63) is 30.2 Å². The van der Waals surface area contributed by atoms with E-state index in [9.17, 15) is 9.59 Å². The molecule has 2 heterocycles. The normalized spacial score (nSPS) is 32.5. The lowest BCUT2D eigenvalue weighted by Crippen LogP contribution is -2.51. The number of hydrogen-bond acceptors (Lipinski definition) is 5. The van der Waals surface area contributed by atoms with E-state index in [0.717, 1.165) is 49.1 Å². The highest BCUT2D eigenvalue weighted by Crippen LogP contribution is 2.60. The number of para-hydroxylation sites is 2. The zero-order valence-electron chi connectivity index (χ0n) is 17.9. The molecule has 7 rings (SSSR count). The first-order valence-corrected chi connectivity index (χ1v) is 11.9. The Morgan fingerprint density at radius 3 is 2.32 bits per heavy atom. The molecule has 2 aromatic rings. The molecule has 6 heteroatoms. The number of benzene rings is 1. The van der Waals surface area contributed by atoms with Gasteiger partial charge in [-0.3, -0.25) is 9.59 Å². The van der Waals surface area contributed by atoms with Gasteiger partial charge >= 0.3 is 5.97 Å². The first kappa shape index (κ1) is 19.3. The van der Waals surface area contributed by atoms with Gasteiger partial charge in [0.25, 0.3) is 5.91 Å². The number of amides is 1. The lowest BCUT2D eigenvalue weighted by molar-refractivity contribution is -0.174. The number of ether oxygens (including phenoxy) is 1. The highest BCUT2D eigenvalue weighted by molar-refractivity contribution is 5.83. The Balaban J connectivity index is 1.03. The fourth-order valence-electron chi connectivity index (χ4n) is 7.17. The second-order valence-corrected chi connectivity index (χ2v) is 10.4. The molecule has 0 spiro atoms. The molecule has 5 fully saturated rings. The Kier molecular flexibility index (Phi) is 4.58. The summed E-state index contributed by atoms with van der Waals surface area (Å²) in [5.41, 5.74) is 1.40. The van der Waals surface area contributed by atoms with Gasteiger partial charge in [-0.25, -0.2) is 4.98 Å². The number of hydrogen-bond donors (Lipinski definition) is 0. The first-order valence-electron chi connectivity index (χ1n) is 11.9. The molecule has 0 radical (unpaired) electrons. The van der Waals surface area contributed by atoms with Crippen molar-refractivity contribution in [3.63, 3.8) is 0 Å². The number of oxazole rings is 1. The maximum atomic E-state index is 13.0. The van der Waals surface area contributed by atoms with Crippen LogP contribution < -0.4 is 0 Å². The Morgan fingerprint density at radius 1 is 1.03 bits per heavy atom. The van der Waals surface area contributed by atoms with Crippen molar-refractivity contribution >= 4 is 23.0 Å². The quantitative estimate of drug-likeness (QED) is 0.687. The fraction of sp³-hybridized carbons (Fsp3) is 0.640. The molecule has 5 aliphatic rings. The minimum absolute atomic E-state index is 0.0749. The highest BCUT2D eigenvalue weighted by Gasteiger charge is 2.55. The van der Waals surface area contributed by atoms with Crippen LogP contribution in [0.1, 0.15) is 63.2 Å². The van der Waals surface area contributed by atoms with Gasteiger partial charge < -0.3 is 14.1 Å². The molecule has 1 aromatic heterocycles. The largest absolute Gasteiger partial charge is 0.455 e. The van der Waals surface area contributed by atoms with E-state index in [1.54, 1.807) is 0 Å². The van der Waals surface area contributed by atoms with Crippen molar-refractivity contribution in [1.82, 2.24) is 9.88 Å². The summed E-state index contributed by atoms with van der Waals surface area (Å²) < 4.78 is 11.5. The van der Waals surface area contributed by atoms with Crippen molar-refractivity contribution in [1.29, 1.82) is 0 Å². The predicted octanol–water partition coefficient (Wildman–Crippen LogP) is 4.29. The third-order valence-corrected chi connectivity index (χ3v) is 8.31. The SMILES string of the molecule is O=C(COC(=O)C12CC3CC(CC(C3)C1)C2)N1CCC(c2nc3ccccc3o2)CC1. The van der Waals surface area contributed by atoms with E-state index in [0.29, 0.717) is 30.8 Å². The molecule has 0 N–H and O–H groups in total. The summed E-state index contributed by atoms with van der Waals surface area (Å²) in [6, 6.07) is 7.80. The van der Waals surface area contributed by atoms with Crippen molar-refractivity contribution in [2.75, 3.05) is 19.7 Å². The highest BCUT2D eigenvalue weighted by atomic mass is 16.5. The minimum Gasteiger partial charge on any atom is -0.455 e. The van der Waals surface area contributed by atoms with Gasteiger partial charge in [0, 0.05) is 19.0 Å². The Morgan fingerprint density at radius 2 is 1.68 bits per heavy atom. The van der Waals surface area contributed by atoms with Gasteiger partial charge in [0.05, 0.1) is 5.41 Å². The van der Waals surface area contributed by atoms with Gasteiger partial charge in [0.2, 0.25) is 0 Å². The summed E-state index contributed by atoms with van der Waals surface area (Å²) in [4.78, 5) is 32.2. The molecule has 1 saturated heterocycles. The maximum absolute atomic E-state index is 13.0. The minimum atomic E-state index is -0.297. The molecule has 0 atom stereocenters. The van der Waals surface area contributed by atoms with Crippen LogP contribution in [0.25, 0.3) is 11.1 Å². The molecular formula is C25H30N2O4. The second kappa shape index (κ2) is 7.35. The van der Waals surface area contributed by atoms with E-state index in [4.69, 9.17) is 9.15 Å². The van der Waals surface area contributed by atoms with Gasteiger partial charge in [-0.05, 0) is 81.3 Å². The van der Waals surface area contributed by atoms with Crippen molar-refractivity contribution in [2.45, 2.75) is 57.3 Å². The number of carbonyl (C=O) groups excluding carboxylic acids is 2. The number of nitrogens with zero attached hydrogens (tertiary/aromatic N) is 2. The molecule has 1 amide bonds. The molecular weight excluding hydrogens is 392 g/mol. The van der Waals surface area contributed by atoms with Crippen molar-refractivity contribution < 1.29 is 18.7 Å². The fourth-order valence-corrected chi connectivity index (χ4v) is 7.17. The van der Waals surface area contributed by atoms with Crippen LogP contribution in [0.4, 0.5) is 0 Å². The first-order chi connectivity index (χ1) is 15.1. The summed E-state index contributed by atoms with van der Waals surface area (Å²) in [7, 11) is 0. The van der Waals surface area contributed by atoms with Crippen LogP contribution in [0.2, 0.25) is 0 Å². The molecule has 6 nitrogen and oxygen atoms in total. The maximum Gasteiger partial charge on any atom is 0.312 e. The summed E-state index contributed by atoms with van der Waals surface area (Å²) in [6.07, 6.45) is 8.44. The zero-order valence-corrected chi connectivity index (χ0v) is 17.9. The third-order valence-electron chi connectivity index (χ3n) is 8.31. The van der Waals surface area contributed by atoms with E-state index >= 15 is 0 Å². The summed E-state index contributed by atoms with van der Waals surface area (Å²) in [6.45, 7) is 1.18. The van der Waals surface area contributed by atoms with Gasteiger partial charge in [-0.15, -0.1) is 0 Å². The molecule has 4 aliphatic carbocycles. The van der Waals surface area contributed by atoms with E-state index in [2.05, 4.69) is 4.98 Å². The second-order valence-electron chi connectivity index (χ2n) is 10.4. The van der Waals surface area contributed by atoms with Crippen LogP contribution in [0.5, 0.6) is 0 Å². The number of fused-ring (bicyclic) bond motifs is 1. The summed E-state index contributed by atoms with van der Waals surface area (Å²) >= 11 is 0. The predicted molar refractivity (Wildman–Crippen MR) is 114 cm³/mol. The monoisotopic (exact) mass is 422 g/mol. The molecule has 1 aliphatic heterocycles. The Hall–Kier alpha value is -2.37. The smallest absolute Gasteiger partial charge is 0.312 e. The van der Waals surface area contributed by atoms with Crippen LogP contribution in [0.3, 0.4) is 0 Å². The molecule has 4 saturated carbocycles. The van der Waals surface area contributed by atoms with E-state index in [-0.39, 0.29) is 29.8 Å². The number of esters is 1. The van der Waals surface area contributed by atoms with E-state index < -0.39 is 0 Å². The average molecular weight is 423 g/mol. The van der Waals surface area contributed by atoms with Crippen molar-refractivity contribution in [2.24, 2.45) is 23.2 Å². The van der Waals surface area contributed by atoms with Gasteiger partial charge in [-0.1, -0.05) is 12.1 Å². The van der Waals surface area contributed by atoms with Crippen LogP contribution >= 0.6 is 0 Å². The molecule has 1 aromatic carbocycles. The molecule has 4 bridgehead atoms. The Labute approximate surface area is 182 Å². The number of aromatic nitrogens is 1. The number of carbonyl (C=O) groups is 2. The summed E-state index contributed by atoms with van der Waals surface area (Å²) in [5, 5.41) is 0.